The molecule has 3 rings (SSSR count). The van der Waals surface area contributed by atoms with Crippen LogP contribution in [0.4, 0.5) is 21.5 Å². The van der Waals surface area contributed by atoms with Crippen LogP contribution in [-0.2, 0) is 6.42 Å². The highest BCUT2D eigenvalue weighted by atomic mass is 19.1. The van der Waals surface area contributed by atoms with Gasteiger partial charge in [0.25, 0.3) is 0 Å². The average molecular weight is 242 g/mol. The van der Waals surface area contributed by atoms with E-state index in [-0.39, 0.29) is 5.82 Å². The fourth-order valence-electron chi connectivity index (χ4n) is 2.52. The van der Waals surface area contributed by atoms with E-state index in [1.807, 2.05) is 31.2 Å². The van der Waals surface area contributed by atoms with Crippen molar-refractivity contribution in [1.29, 1.82) is 0 Å². The third-order valence-electron chi connectivity index (χ3n) is 3.42. The maximum absolute atomic E-state index is 13.4. The fourth-order valence-corrected chi connectivity index (χ4v) is 2.52. The number of hydrogen-bond donors (Lipinski definition) is 1. The molecule has 0 spiro atoms. The highest BCUT2D eigenvalue weighted by Crippen LogP contribution is 2.37. The molecular formula is C15H15FN2. The number of benzene rings is 2. The van der Waals surface area contributed by atoms with Gasteiger partial charge in [-0.25, -0.2) is 4.39 Å². The van der Waals surface area contributed by atoms with Gasteiger partial charge < -0.3 is 10.6 Å². The molecule has 18 heavy (non-hydrogen) atoms. The van der Waals surface area contributed by atoms with Gasteiger partial charge in [0, 0.05) is 12.2 Å². The summed E-state index contributed by atoms with van der Waals surface area (Å²) in [6.07, 6.45) is 0.933. The Morgan fingerprint density at radius 1 is 1.11 bits per heavy atom. The third kappa shape index (κ3) is 1.72. The maximum Gasteiger partial charge on any atom is 0.125 e. The summed E-state index contributed by atoms with van der Waals surface area (Å²) in [5.41, 5.74) is 11.0. The molecule has 0 aliphatic carbocycles. The van der Waals surface area contributed by atoms with E-state index in [0.717, 1.165) is 35.6 Å². The van der Waals surface area contributed by atoms with E-state index >= 15 is 0 Å². The van der Waals surface area contributed by atoms with Crippen LogP contribution in [0.15, 0.2) is 36.4 Å². The van der Waals surface area contributed by atoms with Crippen LogP contribution in [0.2, 0.25) is 0 Å². The van der Waals surface area contributed by atoms with Crippen molar-refractivity contribution in [2.24, 2.45) is 0 Å². The quantitative estimate of drug-likeness (QED) is 0.776. The van der Waals surface area contributed by atoms with Crippen molar-refractivity contribution in [1.82, 2.24) is 0 Å². The molecule has 92 valence electrons. The smallest absolute Gasteiger partial charge is 0.125 e. The second-order valence-corrected chi connectivity index (χ2v) is 4.74. The predicted octanol–water partition coefficient (Wildman–Crippen LogP) is 3.41. The molecule has 0 unspecified atom stereocenters. The van der Waals surface area contributed by atoms with Crippen LogP contribution >= 0.6 is 0 Å². The molecule has 1 heterocycles. The number of hydrogen-bond acceptors (Lipinski definition) is 2. The SMILES string of the molecule is Cc1ccc(N2CCc3ccc(F)cc32)c(N)c1. The fraction of sp³-hybridized carbons (Fsp3) is 0.200. The Kier molecular flexibility index (Phi) is 2.47. The van der Waals surface area contributed by atoms with Crippen LogP contribution in [0.25, 0.3) is 0 Å². The number of nitrogens with two attached hydrogens (primary N) is 1. The minimum absolute atomic E-state index is 0.202. The lowest BCUT2D eigenvalue weighted by Crippen LogP contribution is -2.15. The van der Waals surface area contributed by atoms with Gasteiger partial charge in [0.1, 0.15) is 5.82 Å². The molecule has 2 aromatic rings. The van der Waals surface area contributed by atoms with Crippen LogP contribution in [0.5, 0.6) is 0 Å². The molecule has 3 heteroatoms. The molecule has 0 saturated heterocycles. The molecule has 2 N–H and O–H groups in total. The van der Waals surface area contributed by atoms with Crippen LogP contribution in [0.3, 0.4) is 0 Å². The van der Waals surface area contributed by atoms with Gasteiger partial charge in [0.15, 0.2) is 0 Å². The zero-order valence-electron chi connectivity index (χ0n) is 10.3. The van der Waals surface area contributed by atoms with Crippen molar-refractivity contribution in [3.05, 3.63) is 53.3 Å². The van der Waals surface area contributed by atoms with Gasteiger partial charge in [-0.05, 0) is 48.7 Å². The number of rotatable bonds is 1. The predicted molar refractivity (Wildman–Crippen MR) is 72.7 cm³/mol. The minimum atomic E-state index is -0.202. The van der Waals surface area contributed by atoms with E-state index in [1.54, 1.807) is 6.07 Å². The van der Waals surface area contributed by atoms with E-state index in [0.29, 0.717) is 0 Å². The second kappa shape index (κ2) is 4.02. The van der Waals surface area contributed by atoms with Gasteiger partial charge >= 0.3 is 0 Å². The molecular weight excluding hydrogens is 227 g/mol. The van der Waals surface area contributed by atoms with Crippen LogP contribution in [0, 0.1) is 12.7 Å². The largest absolute Gasteiger partial charge is 0.397 e. The molecule has 1 aliphatic heterocycles. The molecule has 0 saturated carbocycles. The van der Waals surface area contributed by atoms with E-state index in [2.05, 4.69) is 4.90 Å². The Morgan fingerprint density at radius 2 is 1.94 bits per heavy atom. The van der Waals surface area contributed by atoms with Crippen LogP contribution in [0.1, 0.15) is 11.1 Å². The summed E-state index contributed by atoms with van der Waals surface area (Å²) in [5.74, 6) is -0.202. The summed E-state index contributed by atoms with van der Waals surface area (Å²) in [7, 11) is 0. The van der Waals surface area contributed by atoms with Gasteiger partial charge in [-0.1, -0.05) is 12.1 Å². The van der Waals surface area contributed by atoms with Gasteiger partial charge in [0.05, 0.1) is 11.4 Å². The second-order valence-electron chi connectivity index (χ2n) is 4.74. The lowest BCUT2D eigenvalue weighted by Gasteiger charge is -2.21. The lowest BCUT2D eigenvalue weighted by atomic mass is 10.1. The number of fused-ring (bicyclic) bond motifs is 1. The van der Waals surface area contributed by atoms with Gasteiger partial charge in [-0.15, -0.1) is 0 Å². The molecule has 0 atom stereocenters. The zero-order valence-corrected chi connectivity index (χ0v) is 10.3. The summed E-state index contributed by atoms with van der Waals surface area (Å²) in [4.78, 5) is 2.09. The first-order valence-electron chi connectivity index (χ1n) is 6.07. The van der Waals surface area contributed by atoms with E-state index < -0.39 is 0 Å². The Balaban J connectivity index is 2.08. The summed E-state index contributed by atoms with van der Waals surface area (Å²) in [5, 5.41) is 0. The number of nitrogens with zero attached hydrogens (tertiary/aromatic N) is 1. The molecule has 0 amide bonds. The van der Waals surface area contributed by atoms with Crippen molar-refractivity contribution in [2.45, 2.75) is 13.3 Å². The van der Waals surface area contributed by atoms with Crippen molar-refractivity contribution >= 4 is 17.1 Å². The minimum Gasteiger partial charge on any atom is -0.397 e. The molecule has 2 nitrogen and oxygen atoms in total. The first-order chi connectivity index (χ1) is 8.65. The summed E-state index contributed by atoms with van der Waals surface area (Å²) >= 11 is 0. The summed E-state index contributed by atoms with van der Waals surface area (Å²) in [6, 6.07) is 10.9. The number of nitrogen functional groups attached to an aromatic ring is 1. The zero-order chi connectivity index (χ0) is 12.7. The maximum atomic E-state index is 13.4. The normalized spacial score (nSPS) is 13.8. The van der Waals surface area contributed by atoms with Gasteiger partial charge in [-0.3, -0.25) is 0 Å². The molecule has 2 aromatic carbocycles. The van der Waals surface area contributed by atoms with E-state index in [4.69, 9.17) is 5.73 Å². The molecule has 0 fully saturated rings. The molecule has 0 aromatic heterocycles. The Bertz CT molecular complexity index is 607. The van der Waals surface area contributed by atoms with Crippen molar-refractivity contribution in [3.8, 4) is 0 Å². The molecule has 0 radical (unpaired) electrons. The Labute approximate surface area is 106 Å². The van der Waals surface area contributed by atoms with E-state index in [1.165, 1.54) is 11.6 Å². The summed E-state index contributed by atoms with van der Waals surface area (Å²) in [6.45, 7) is 2.86. The highest BCUT2D eigenvalue weighted by molar-refractivity contribution is 5.78. The highest BCUT2D eigenvalue weighted by Gasteiger charge is 2.22. The van der Waals surface area contributed by atoms with Gasteiger partial charge in [0.2, 0.25) is 0 Å². The van der Waals surface area contributed by atoms with E-state index in [9.17, 15) is 4.39 Å². The number of anilines is 3. The van der Waals surface area contributed by atoms with Gasteiger partial charge in [-0.2, -0.15) is 0 Å². The van der Waals surface area contributed by atoms with Crippen molar-refractivity contribution in [2.75, 3.05) is 17.2 Å². The van der Waals surface area contributed by atoms with Crippen molar-refractivity contribution < 1.29 is 4.39 Å². The molecule has 0 bridgehead atoms. The van der Waals surface area contributed by atoms with Crippen LogP contribution < -0.4 is 10.6 Å². The molecule has 1 aliphatic rings. The number of aryl methyl sites for hydroxylation is 1. The monoisotopic (exact) mass is 242 g/mol. The first kappa shape index (κ1) is 11.1. The Hall–Kier alpha value is -2.03. The number of halogens is 1. The average Bonchev–Trinajstić information content (AvgIpc) is 2.72. The first-order valence-corrected chi connectivity index (χ1v) is 6.07. The summed E-state index contributed by atoms with van der Waals surface area (Å²) < 4.78 is 13.4. The standard InChI is InChI=1S/C15H15FN2/c1-10-2-5-14(13(17)8-10)18-7-6-11-3-4-12(16)9-15(11)18/h2-5,8-9H,6-7,17H2,1H3. The topological polar surface area (TPSA) is 29.3 Å². The lowest BCUT2D eigenvalue weighted by molar-refractivity contribution is 0.628. The van der Waals surface area contributed by atoms with Crippen LogP contribution in [-0.4, -0.2) is 6.54 Å². The Morgan fingerprint density at radius 3 is 2.72 bits per heavy atom. The van der Waals surface area contributed by atoms with Crippen molar-refractivity contribution in [3.63, 3.8) is 0 Å². The third-order valence-corrected chi connectivity index (χ3v) is 3.42.